The fraction of sp³-hybridized carbons (Fsp3) is 0.400. The number of carbonyl (C=O) groups excluding carboxylic acids is 2. The molecule has 0 spiro atoms. The molecule has 1 aromatic carbocycles. The Morgan fingerprint density at radius 2 is 1.58 bits per heavy atom. The van der Waals surface area contributed by atoms with E-state index in [1.54, 1.807) is 26.0 Å². The third-order valence-electron chi connectivity index (χ3n) is 5.04. The number of phenols is 1. The van der Waals surface area contributed by atoms with Crippen LogP contribution in [0.1, 0.15) is 47.1 Å². The number of aryl methyl sites for hydroxylation is 1. The summed E-state index contributed by atoms with van der Waals surface area (Å²) < 4.78 is 0. The molecule has 0 heterocycles. The lowest BCUT2D eigenvalue weighted by Gasteiger charge is -2.36. The fourth-order valence-electron chi connectivity index (χ4n) is 3.86. The zero-order valence-corrected chi connectivity index (χ0v) is 15.4. The first-order chi connectivity index (χ1) is 12.3. The SMILES string of the molecule is CCNC1=CC(C)=C(O)[C@@H]2C(=O)c3c(O)c(C)cc(NCC)c3C(=O)[C@@H]12. The molecule has 3 rings (SSSR count). The Morgan fingerprint density at radius 1 is 0.962 bits per heavy atom. The van der Waals surface area contributed by atoms with E-state index in [1.807, 2.05) is 13.8 Å². The van der Waals surface area contributed by atoms with Crippen molar-refractivity contribution in [3.05, 3.63) is 45.9 Å². The zero-order chi connectivity index (χ0) is 19.2. The van der Waals surface area contributed by atoms with E-state index in [2.05, 4.69) is 10.6 Å². The van der Waals surface area contributed by atoms with Crippen molar-refractivity contribution in [3.8, 4) is 5.75 Å². The van der Waals surface area contributed by atoms with Crippen LogP contribution in [0.4, 0.5) is 5.69 Å². The van der Waals surface area contributed by atoms with Crippen molar-refractivity contribution < 1.29 is 19.8 Å². The monoisotopic (exact) mass is 356 g/mol. The van der Waals surface area contributed by atoms with Gasteiger partial charge in [0, 0.05) is 24.5 Å². The first-order valence-electron chi connectivity index (χ1n) is 8.87. The molecule has 26 heavy (non-hydrogen) atoms. The lowest BCUT2D eigenvalue weighted by Crippen LogP contribution is -2.44. The molecular weight excluding hydrogens is 332 g/mol. The predicted molar refractivity (Wildman–Crippen MR) is 99.7 cm³/mol. The van der Waals surface area contributed by atoms with Gasteiger partial charge in [-0.3, -0.25) is 9.59 Å². The number of benzene rings is 1. The molecule has 6 nitrogen and oxygen atoms in total. The Bertz CT molecular complexity index is 867. The van der Waals surface area contributed by atoms with Gasteiger partial charge in [-0.25, -0.2) is 0 Å². The Kier molecular flexibility index (Phi) is 4.52. The number of Topliss-reactive ketones (excluding diaryl/α,β-unsaturated/α-hetero) is 2. The Morgan fingerprint density at radius 3 is 2.19 bits per heavy atom. The number of aliphatic hydroxyl groups is 1. The van der Waals surface area contributed by atoms with Crippen LogP contribution in [0.2, 0.25) is 0 Å². The number of ketones is 2. The average Bonchev–Trinajstić information content (AvgIpc) is 2.59. The van der Waals surface area contributed by atoms with Crippen molar-refractivity contribution in [2.24, 2.45) is 11.8 Å². The number of fused-ring (bicyclic) bond motifs is 2. The summed E-state index contributed by atoms with van der Waals surface area (Å²) in [5.74, 6) is -2.81. The molecule has 2 aliphatic carbocycles. The molecule has 6 heteroatoms. The fourth-order valence-corrected chi connectivity index (χ4v) is 3.86. The summed E-state index contributed by atoms with van der Waals surface area (Å²) in [6, 6.07) is 1.68. The van der Waals surface area contributed by atoms with Crippen LogP contribution in [0.15, 0.2) is 29.2 Å². The highest BCUT2D eigenvalue weighted by Crippen LogP contribution is 2.46. The molecular formula is C20H24N2O4. The van der Waals surface area contributed by atoms with Crippen molar-refractivity contribution in [2.45, 2.75) is 27.7 Å². The molecule has 0 fully saturated rings. The van der Waals surface area contributed by atoms with E-state index in [9.17, 15) is 19.8 Å². The van der Waals surface area contributed by atoms with Gasteiger partial charge in [-0.1, -0.05) is 0 Å². The number of hydrogen-bond donors (Lipinski definition) is 4. The third-order valence-corrected chi connectivity index (χ3v) is 5.04. The largest absolute Gasteiger partial charge is 0.511 e. The molecule has 0 aliphatic heterocycles. The van der Waals surface area contributed by atoms with Crippen molar-refractivity contribution >= 4 is 17.3 Å². The number of anilines is 1. The van der Waals surface area contributed by atoms with Gasteiger partial charge in [-0.2, -0.15) is 0 Å². The van der Waals surface area contributed by atoms with Crippen molar-refractivity contribution in [1.82, 2.24) is 5.32 Å². The zero-order valence-electron chi connectivity index (χ0n) is 15.4. The molecule has 0 amide bonds. The molecule has 0 aromatic heterocycles. The molecule has 4 N–H and O–H groups in total. The molecule has 0 unspecified atom stereocenters. The summed E-state index contributed by atoms with van der Waals surface area (Å²) >= 11 is 0. The minimum absolute atomic E-state index is 0.00398. The van der Waals surface area contributed by atoms with Gasteiger partial charge in [-0.05, 0) is 51.0 Å². The van der Waals surface area contributed by atoms with Crippen molar-refractivity contribution in [1.29, 1.82) is 0 Å². The van der Waals surface area contributed by atoms with E-state index >= 15 is 0 Å². The van der Waals surface area contributed by atoms with Crippen LogP contribution in [0, 0.1) is 18.8 Å². The minimum atomic E-state index is -1.00. The molecule has 0 radical (unpaired) electrons. The number of aromatic hydroxyl groups is 1. The quantitative estimate of drug-likeness (QED) is 0.619. The van der Waals surface area contributed by atoms with Gasteiger partial charge in [0.25, 0.3) is 0 Å². The van der Waals surface area contributed by atoms with Gasteiger partial charge in [0.2, 0.25) is 0 Å². The van der Waals surface area contributed by atoms with Gasteiger partial charge in [-0.15, -0.1) is 0 Å². The number of carbonyl (C=O) groups is 2. The second kappa shape index (κ2) is 6.52. The summed E-state index contributed by atoms with van der Waals surface area (Å²) in [5.41, 5.74) is 2.43. The molecule has 138 valence electrons. The maximum Gasteiger partial charge on any atom is 0.179 e. The predicted octanol–water partition coefficient (Wildman–Crippen LogP) is 3.08. The number of phenolic OH excluding ortho intramolecular Hbond substituents is 1. The lowest BCUT2D eigenvalue weighted by molar-refractivity contribution is 0.0739. The van der Waals surface area contributed by atoms with Crippen LogP contribution in [0.5, 0.6) is 5.75 Å². The van der Waals surface area contributed by atoms with E-state index in [-0.39, 0.29) is 28.4 Å². The van der Waals surface area contributed by atoms with Crippen LogP contribution in [-0.4, -0.2) is 34.9 Å². The summed E-state index contributed by atoms with van der Waals surface area (Å²) in [4.78, 5) is 26.6. The summed E-state index contributed by atoms with van der Waals surface area (Å²) in [6.07, 6.45) is 1.72. The molecule has 0 saturated carbocycles. The highest BCUT2D eigenvalue weighted by Gasteiger charge is 2.49. The summed E-state index contributed by atoms with van der Waals surface area (Å²) in [6.45, 7) is 8.37. The van der Waals surface area contributed by atoms with Crippen LogP contribution in [0.25, 0.3) is 0 Å². The number of rotatable bonds is 4. The van der Waals surface area contributed by atoms with E-state index < -0.39 is 17.6 Å². The van der Waals surface area contributed by atoms with E-state index in [0.717, 1.165) is 0 Å². The van der Waals surface area contributed by atoms with Crippen LogP contribution in [0.3, 0.4) is 0 Å². The highest BCUT2D eigenvalue weighted by atomic mass is 16.3. The first kappa shape index (κ1) is 18.0. The molecule has 0 saturated heterocycles. The van der Waals surface area contributed by atoms with E-state index in [0.29, 0.717) is 35.6 Å². The standard InChI is InChI=1S/C20H24N2O4/c1-5-21-11-7-9(3)17(23)15-13(11)19(25)14-12(22-6-2)8-10(4)18(24)16(14)20(15)26/h7-8,13,15,21-24H,5-6H2,1-4H3/t13-,15+/m0/s1. The number of allylic oxidation sites excluding steroid dienone is 4. The van der Waals surface area contributed by atoms with Crippen molar-refractivity contribution in [2.75, 3.05) is 18.4 Å². The first-order valence-corrected chi connectivity index (χ1v) is 8.87. The lowest BCUT2D eigenvalue weighted by atomic mass is 9.68. The second-order valence-corrected chi connectivity index (χ2v) is 6.75. The second-order valence-electron chi connectivity index (χ2n) is 6.75. The molecule has 2 atom stereocenters. The normalized spacial score (nSPS) is 21.9. The summed E-state index contributed by atoms with van der Waals surface area (Å²) in [5, 5.41) is 27.3. The minimum Gasteiger partial charge on any atom is -0.511 e. The van der Waals surface area contributed by atoms with Crippen LogP contribution < -0.4 is 10.6 Å². The Balaban J connectivity index is 2.29. The van der Waals surface area contributed by atoms with E-state index in [1.165, 1.54) is 0 Å². The maximum atomic E-state index is 13.4. The summed E-state index contributed by atoms with van der Waals surface area (Å²) in [7, 11) is 0. The molecule has 1 aromatic rings. The van der Waals surface area contributed by atoms with Gasteiger partial charge >= 0.3 is 0 Å². The highest BCUT2D eigenvalue weighted by molar-refractivity contribution is 6.22. The van der Waals surface area contributed by atoms with Gasteiger partial charge in [0.15, 0.2) is 11.6 Å². The van der Waals surface area contributed by atoms with Gasteiger partial charge in [0.05, 0.1) is 23.0 Å². The smallest absolute Gasteiger partial charge is 0.179 e. The van der Waals surface area contributed by atoms with Crippen LogP contribution >= 0.6 is 0 Å². The number of nitrogens with one attached hydrogen (secondary N) is 2. The average molecular weight is 356 g/mol. The van der Waals surface area contributed by atoms with Crippen LogP contribution in [-0.2, 0) is 0 Å². The topological polar surface area (TPSA) is 98.7 Å². The Labute approximate surface area is 152 Å². The van der Waals surface area contributed by atoms with Crippen molar-refractivity contribution in [3.63, 3.8) is 0 Å². The number of hydrogen-bond acceptors (Lipinski definition) is 6. The van der Waals surface area contributed by atoms with Gasteiger partial charge < -0.3 is 20.8 Å². The Hall–Kier alpha value is -2.76. The number of aliphatic hydroxyl groups excluding tert-OH is 1. The van der Waals surface area contributed by atoms with Gasteiger partial charge in [0.1, 0.15) is 11.5 Å². The van der Waals surface area contributed by atoms with E-state index in [4.69, 9.17) is 0 Å². The molecule has 2 aliphatic rings. The third kappa shape index (κ3) is 2.48. The molecule has 0 bridgehead atoms. The maximum absolute atomic E-state index is 13.4.